The zero-order valence-corrected chi connectivity index (χ0v) is 39.7. The number of hydrogen-bond donors (Lipinski definition) is 0. The Morgan fingerprint density at radius 1 is 0.229 bits per heavy atom. The molecule has 11 aromatic carbocycles. The number of rotatable bonds is 12. The number of fused-ring (bicyclic) bond motifs is 4. The lowest BCUT2D eigenvalue weighted by Crippen LogP contribution is -2.54. The average Bonchev–Trinajstić information content (AvgIpc) is 3.40. The summed E-state index contributed by atoms with van der Waals surface area (Å²) in [5.41, 5.74) is 8.66. The molecule has 8 heteroatoms. The van der Waals surface area contributed by atoms with Crippen molar-refractivity contribution in [3.8, 4) is 57.4 Å². The van der Waals surface area contributed by atoms with Crippen LogP contribution in [0.3, 0.4) is 0 Å². The van der Waals surface area contributed by atoms with Crippen LogP contribution in [-0.2, 0) is 0 Å². The molecule has 0 saturated heterocycles. The van der Waals surface area contributed by atoms with Crippen LogP contribution in [0.2, 0.25) is 0 Å². The average molecular weight is 939 g/mol. The predicted octanol–water partition coefficient (Wildman–Crippen LogP) is 14.4. The molecule has 0 heterocycles. The van der Waals surface area contributed by atoms with Crippen molar-refractivity contribution in [2.24, 2.45) is 0 Å². The molecule has 0 aliphatic rings. The van der Waals surface area contributed by atoms with E-state index in [0.717, 1.165) is 54.2 Å². The molecule has 334 valence electrons. The molecule has 0 saturated carbocycles. The molecular weight excluding hydrogens is 897 g/mol. The van der Waals surface area contributed by atoms with Gasteiger partial charge in [-0.25, -0.2) is 0 Å². The minimum absolute atomic E-state index is 0.563. The van der Waals surface area contributed by atoms with Crippen molar-refractivity contribution in [2.45, 2.75) is 0 Å². The predicted molar refractivity (Wildman–Crippen MR) is 284 cm³/mol. The fourth-order valence-electron chi connectivity index (χ4n) is 8.29. The lowest BCUT2D eigenvalue weighted by atomic mass is 9.89. The summed E-state index contributed by atoms with van der Waals surface area (Å²) in [5.74, 6) is 10.7. The molecule has 0 aliphatic heterocycles. The number of hydrogen-bond acceptors (Lipinski definition) is 6. The second kappa shape index (κ2) is 19.6. The summed E-state index contributed by atoms with van der Waals surface area (Å²) in [6, 6.07) is 82.7. The van der Waals surface area contributed by atoms with Gasteiger partial charge >= 0.3 is 17.6 Å². The zero-order valence-electron chi connectivity index (χ0n) is 37.7. The normalized spacial score (nSPS) is 11.2. The maximum absolute atomic E-state index is 6.90. The Kier molecular flexibility index (Phi) is 12.1. The lowest BCUT2D eigenvalue weighted by Gasteiger charge is -2.26. The smallest absolute Gasteiger partial charge is 0.474 e. The van der Waals surface area contributed by atoms with Gasteiger partial charge in [-0.2, -0.15) is 0 Å². The van der Waals surface area contributed by atoms with E-state index in [9.17, 15) is 0 Å². The fraction of sp³-hybridized carbons (Fsp3) is 0. The maximum Gasteiger partial charge on any atom is 0.794 e. The summed E-state index contributed by atoms with van der Waals surface area (Å²) in [5, 5.41) is 7.68. The van der Waals surface area contributed by atoms with E-state index in [0.29, 0.717) is 34.5 Å². The van der Waals surface area contributed by atoms with Crippen LogP contribution < -0.4 is 26.6 Å². The van der Waals surface area contributed by atoms with Gasteiger partial charge in [0.05, 0.1) is 0 Å². The molecule has 0 bridgehead atoms. The molecule has 0 radical (unpaired) electrons. The Bertz CT molecular complexity index is 3180. The van der Waals surface area contributed by atoms with Crippen molar-refractivity contribution in [3.05, 3.63) is 266 Å². The summed E-state index contributed by atoms with van der Waals surface area (Å²) in [6.45, 7) is 0. The molecule has 0 aliphatic carbocycles. The first-order chi connectivity index (χ1) is 34.6. The maximum atomic E-state index is 6.90. The molecule has 11 rings (SSSR count). The van der Waals surface area contributed by atoms with Crippen LogP contribution in [0, 0.1) is 22.9 Å². The van der Waals surface area contributed by atoms with Crippen molar-refractivity contribution in [1.29, 1.82) is 0 Å². The van der Waals surface area contributed by atoms with Crippen LogP contribution in [0.15, 0.2) is 255 Å². The first kappa shape index (κ1) is 43.4. The molecule has 70 heavy (non-hydrogen) atoms. The SMILES string of the molecule is C(#C[Si](Oc1ccccc1)(Oc1ccccc1)Oc1ccccc1)c1c2cc3ccccc3cc2c(C#C[Si](Oc2ccccc2)(Oc2ccccc2)Oc2ccccc2)c2cc3ccccc3cc12. The zero-order chi connectivity index (χ0) is 47.0. The van der Waals surface area contributed by atoms with Crippen molar-refractivity contribution in [2.75, 3.05) is 0 Å². The highest BCUT2D eigenvalue weighted by Crippen LogP contribution is 2.38. The minimum Gasteiger partial charge on any atom is -0.474 e. The standard InChI is InChI=1S/C62H42O6Si2/c1-7-27-51(28-8-1)63-69(64-52-29-9-2-10-30-52,65-53-31-11-3-12-32-53)41-39-57-59-43-47-23-19-21-25-49(47)45-61(59)58(62-46-50-26-22-20-24-48(50)44-60(57)62)40-42-70(66-54-33-13-4-14-34-54,67-55-35-15-5-16-36-55)68-56-37-17-6-18-38-56/h1-38,43-46H. The molecule has 6 nitrogen and oxygen atoms in total. The quantitative estimate of drug-likeness (QED) is 0.0691. The highest BCUT2D eigenvalue weighted by Gasteiger charge is 2.50. The molecule has 11 aromatic rings. The third-order valence-corrected chi connectivity index (χ3v) is 15.4. The molecule has 0 atom stereocenters. The fourth-order valence-corrected chi connectivity index (χ4v) is 12.1. The Hall–Kier alpha value is -9.19. The summed E-state index contributed by atoms with van der Waals surface area (Å²) < 4.78 is 41.4. The van der Waals surface area contributed by atoms with Crippen LogP contribution in [-0.4, -0.2) is 17.6 Å². The highest BCUT2D eigenvalue weighted by atomic mass is 28.4. The van der Waals surface area contributed by atoms with Gasteiger partial charge in [-0.05, 0) is 140 Å². The van der Waals surface area contributed by atoms with E-state index in [-0.39, 0.29) is 0 Å². The number of para-hydroxylation sites is 6. The van der Waals surface area contributed by atoms with Crippen LogP contribution in [0.1, 0.15) is 11.1 Å². The van der Waals surface area contributed by atoms with Gasteiger partial charge < -0.3 is 26.6 Å². The first-order valence-corrected chi connectivity index (χ1v) is 26.3. The van der Waals surface area contributed by atoms with E-state index < -0.39 is 17.6 Å². The van der Waals surface area contributed by atoms with Crippen molar-refractivity contribution >= 4 is 60.7 Å². The summed E-state index contributed by atoms with van der Waals surface area (Å²) >= 11 is 0. The van der Waals surface area contributed by atoms with Crippen molar-refractivity contribution in [1.82, 2.24) is 0 Å². The monoisotopic (exact) mass is 938 g/mol. The second-order valence-corrected chi connectivity index (χ2v) is 20.3. The van der Waals surface area contributed by atoms with E-state index in [1.54, 1.807) is 0 Å². The highest BCUT2D eigenvalue weighted by molar-refractivity contribution is 6.72. The first-order valence-electron chi connectivity index (χ1n) is 22.9. The van der Waals surface area contributed by atoms with Gasteiger partial charge in [0.15, 0.2) is 0 Å². The van der Waals surface area contributed by atoms with Crippen molar-refractivity contribution < 1.29 is 26.6 Å². The molecular formula is C62H42O6Si2. The number of benzene rings is 11. The molecule has 0 spiro atoms. The molecule has 0 unspecified atom stereocenters. The van der Waals surface area contributed by atoms with Gasteiger partial charge in [-0.15, -0.1) is 0 Å². The van der Waals surface area contributed by atoms with Crippen LogP contribution in [0.4, 0.5) is 0 Å². The Labute approximate surface area is 408 Å². The van der Waals surface area contributed by atoms with Crippen LogP contribution in [0.25, 0.3) is 43.1 Å². The molecule has 0 aromatic heterocycles. The van der Waals surface area contributed by atoms with E-state index in [4.69, 9.17) is 26.6 Å². The van der Waals surface area contributed by atoms with Gasteiger partial charge in [-0.3, -0.25) is 0 Å². The minimum atomic E-state index is -4.08. The van der Waals surface area contributed by atoms with E-state index in [1.807, 2.05) is 206 Å². The van der Waals surface area contributed by atoms with Gasteiger partial charge in [-0.1, -0.05) is 170 Å². The van der Waals surface area contributed by atoms with E-state index in [2.05, 4.69) is 71.5 Å². The van der Waals surface area contributed by atoms with Crippen LogP contribution in [0.5, 0.6) is 34.5 Å². The van der Waals surface area contributed by atoms with Crippen molar-refractivity contribution in [3.63, 3.8) is 0 Å². The van der Waals surface area contributed by atoms with Crippen LogP contribution >= 0.6 is 0 Å². The largest absolute Gasteiger partial charge is 0.794 e. The summed E-state index contributed by atoms with van der Waals surface area (Å²) in [4.78, 5) is 0. The van der Waals surface area contributed by atoms with Gasteiger partial charge in [0, 0.05) is 22.2 Å². The molecule has 0 amide bonds. The summed E-state index contributed by atoms with van der Waals surface area (Å²) in [6.07, 6.45) is 0. The second-order valence-electron chi connectivity index (χ2n) is 16.3. The lowest BCUT2D eigenvalue weighted by molar-refractivity contribution is 0.282. The third kappa shape index (κ3) is 9.64. The Balaban J connectivity index is 1.20. The topological polar surface area (TPSA) is 55.4 Å². The van der Waals surface area contributed by atoms with E-state index in [1.165, 1.54) is 0 Å². The van der Waals surface area contributed by atoms with Gasteiger partial charge in [0.1, 0.15) is 34.5 Å². The third-order valence-electron chi connectivity index (χ3n) is 11.5. The van der Waals surface area contributed by atoms with Gasteiger partial charge in [0.2, 0.25) is 0 Å². The Morgan fingerprint density at radius 2 is 0.414 bits per heavy atom. The van der Waals surface area contributed by atoms with E-state index >= 15 is 0 Å². The summed E-state index contributed by atoms with van der Waals surface area (Å²) in [7, 11) is -8.16. The Morgan fingerprint density at radius 3 is 0.614 bits per heavy atom. The van der Waals surface area contributed by atoms with Gasteiger partial charge in [0.25, 0.3) is 0 Å². The molecule has 0 N–H and O–H groups in total. The molecule has 0 fully saturated rings.